The predicted molar refractivity (Wildman–Crippen MR) is 179 cm³/mol. The number of nitrogens with zero attached hydrogens (tertiary/aromatic N) is 1. The van der Waals surface area contributed by atoms with Crippen LogP contribution in [0.1, 0.15) is 0 Å². The fourth-order valence-electron chi connectivity index (χ4n) is 6.59. The number of rotatable bonds is 4. The molecule has 0 aliphatic rings. The van der Waals surface area contributed by atoms with Gasteiger partial charge in [-0.3, -0.25) is 0 Å². The van der Waals surface area contributed by atoms with Crippen LogP contribution < -0.4 is 4.90 Å². The fraction of sp³-hybridized carbons (Fsp3) is 0. The van der Waals surface area contributed by atoms with Gasteiger partial charge in [0.1, 0.15) is 22.3 Å². The molecule has 0 unspecified atom stereocenters. The minimum atomic E-state index is 0.862. The third-order valence-electron chi connectivity index (χ3n) is 8.47. The molecular weight excluding hydrogens is 526 g/mol. The number of anilines is 3. The standard InChI is InChI=1S/C40H25NO2/c1-2-14-27-26(12-1)13-9-21-33(27)41(35-22-11-25-38-39(35)32-17-5-8-24-37(32)42-38)34-20-6-3-15-28(34)30-18-10-19-31-29-16-4-7-23-36(29)43-40(30)31/h1-25H. The molecule has 0 saturated heterocycles. The number of furan rings is 2. The van der Waals surface area contributed by atoms with Crippen molar-refractivity contribution in [2.24, 2.45) is 0 Å². The van der Waals surface area contributed by atoms with Gasteiger partial charge in [0.15, 0.2) is 0 Å². The molecule has 43 heavy (non-hydrogen) atoms. The van der Waals surface area contributed by atoms with E-state index in [0.29, 0.717) is 0 Å². The molecule has 0 atom stereocenters. The second kappa shape index (κ2) is 9.37. The van der Waals surface area contributed by atoms with E-state index >= 15 is 0 Å². The average Bonchev–Trinajstić information content (AvgIpc) is 3.64. The minimum Gasteiger partial charge on any atom is -0.456 e. The van der Waals surface area contributed by atoms with E-state index in [-0.39, 0.29) is 0 Å². The molecule has 3 heteroatoms. The summed E-state index contributed by atoms with van der Waals surface area (Å²) in [6.45, 7) is 0. The lowest BCUT2D eigenvalue weighted by molar-refractivity contribution is 0.669. The van der Waals surface area contributed by atoms with Crippen LogP contribution in [0.4, 0.5) is 17.1 Å². The Kier molecular flexibility index (Phi) is 5.20. The second-order valence-corrected chi connectivity index (χ2v) is 10.9. The van der Waals surface area contributed by atoms with E-state index in [9.17, 15) is 0 Å². The van der Waals surface area contributed by atoms with Gasteiger partial charge in [-0.05, 0) is 41.8 Å². The molecule has 0 bridgehead atoms. The number of hydrogen-bond acceptors (Lipinski definition) is 3. The Morgan fingerprint density at radius 2 is 0.907 bits per heavy atom. The maximum atomic E-state index is 6.54. The molecule has 3 nitrogen and oxygen atoms in total. The first-order chi connectivity index (χ1) is 21.3. The van der Waals surface area contributed by atoms with Gasteiger partial charge in [-0.2, -0.15) is 0 Å². The van der Waals surface area contributed by atoms with Gasteiger partial charge in [-0.1, -0.05) is 115 Å². The monoisotopic (exact) mass is 551 g/mol. The molecule has 2 heterocycles. The highest BCUT2D eigenvalue weighted by atomic mass is 16.3. The van der Waals surface area contributed by atoms with Crippen LogP contribution in [0.3, 0.4) is 0 Å². The molecule has 202 valence electrons. The molecular formula is C40H25NO2. The van der Waals surface area contributed by atoms with E-state index in [1.54, 1.807) is 0 Å². The molecule has 0 N–H and O–H groups in total. The molecule has 0 amide bonds. The van der Waals surface area contributed by atoms with Gasteiger partial charge in [-0.15, -0.1) is 0 Å². The molecule has 9 aromatic rings. The molecule has 9 rings (SSSR count). The molecule has 0 aliphatic carbocycles. The fourth-order valence-corrected chi connectivity index (χ4v) is 6.59. The maximum absolute atomic E-state index is 6.54. The Balaban J connectivity index is 1.40. The molecule has 0 aliphatic heterocycles. The van der Waals surface area contributed by atoms with Crippen molar-refractivity contribution in [3.8, 4) is 11.1 Å². The van der Waals surface area contributed by atoms with Crippen molar-refractivity contribution in [2.45, 2.75) is 0 Å². The quantitative estimate of drug-likeness (QED) is 0.218. The number of benzene rings is 7. The van der Waals surface area contributed by atoms with Crippen LogP contribution in [0, 0.1) is 0 Å². The summed E-state index contributed by atoms with van der Waals surface area (Å²) in [7, 11) is 0. The van der Waals surface area contributed by atoms with E-state index in [2.05, 4.69) is 132 Å². The van der Waals surface area contributed by atoms with E-state index in [4.69, 9.17) is 8.83 Å². The Labute approximate surface area is 247 Å². The van der Waals surface area contributed by atoms with Gasteiger partial charge in [0, 0.05) is 32.7 Å². The minimum absolute atomic E-state index is 0.862. The normalized spacial score (nSPS) is 11.7. The molecule has 7 aromatic carbocycles. The van der Waals surface area contributed by atoms with Gasteiger partial charge in [0.2, 0.25) is 0 Å². The van der Waals surface area contributed by atoms with E-state index < -0.39 is 0 Å². The summed E-state index contributed by atoms with van der Waals surface area (Å²) in [4.78, 5) is 2.39. The van der Waals surface area contributed by atoms with Crippen LogP contribution >= 0.6 is 0 Å². The average molecular weight is 552 g/mol. The van der Waals surface area contributed by atoms with Crippen molar-refractivity contribution in [1.29, 1.82) is 0 Å². The summed E-state index contributed by atoms with van der Waals surface area (Å²) in [6.07, 6.45) is 0. The van der Waals surface area contributed by atoms with Crippen molar-refractivity contribution in [1.82, 2.24) is 0 Å². The summed E-state index contributed by atoms with van der Waals surface area (Å²) in [5.41, 5.74) is 8.88. The molecule has 0 radical (unpaired) electrons. The molecule has 0 spiro atoms. The van der Waals surface area contributed by atoms with Gasteiger partial charge in [0.25, 0.3) is 0 Å². The zero-order valence-corrected chi connectivity index (χ0v) is 23.2. The lowest BCUT2D eigenvalue weighted by atomic mass is 9.98. The number of hydrogen-bond donors (Lipinski definition) is 0. The third-order valence-corrected chi connectivity index (χ3v) is 8.47. The first-order valence-corrected chi connectivity index (χ1v) is 14.5. The Bertz CT molecular complexity index is 2480. The predicted octanol–water partition coefficient (Wildman–Crippen LogP) is 11.8. The smallest absolute Gasteiger partial charge is 0.143 e. The Morgan fingerprint density at radius 3 is 1.81 bits per heavy atom. The van der Waals surface area contributed by atoms with E-state index in [1.807, 2.05) is 24.3 Å². The van der Waals surface area contributed by atoms with E-state index in [1.165, 1.54) is 10.8 Å². The summed E-state index contributed by atoms with van der Waals surface area (Å²) in [5, 5.41) is 6.77. The van der Waals surface area contributed by atoms with Crippen LogP contribution in [-0.4, -0.2) is 0 Å². The first-order valence-electron chi connectivity index (χ1n) is 14.5. The largest absolute Gasteiger partial charge is 0.456 e. The lowest BCUT2D eigenvalue weighted by Crippen LogP contribution is -2.12. The van der Waals surface area contributed by atoms with Crippen LogP contribution in [0.2, 0.25) is 0 Å². The van der Waals surface area contributed by atoms with Crippen molar-refractivity contribution in [3.63, 3.8) is 0 Å². The highest BCUT2D eigenvalue weighted by molar-refractivity contribution is 6.16. The SMILES string of the molecule is c1ccc(N(c2cccc3ccccc23)c2cccc3oc4ccccc4c23)c(-c2cccc3c2oc2ccccc23)c1. The summed E-state index contributed by atoms with van der Waals surface area (Å²) in [5.74, 6) is 0. The van der Waals surface area contributed by atoms with Crippen LogP contribution in [0.15, 0.2) is 160 Å². The Morgan fingerprint density at radius 1 is 0.349 bits per heavy atom. The third kappa shape index (κ3) is 3.62. The van der Waals surface area contributed by atoms with Crippen molar-refractivity contribution >= 4 is 71.7 Å². The summed E-state index contributed by atoms with van der Waals surface area (Å²) in [6, 6.07) is 53.1. The van der Waals surface area contributed by atoms with Gasteiger partial charge in [-0.25, -0.2) is 0 Å². The van der Waals surface area contributed by atoms with E-state index in [0.717, 1.165) is 72.1 Å². The number of para-hydroxylation sites is 4. The van der Waals surface area contributed by atoms with Crippen LogP contribution in [0.5, 0.6) is 0 Å². The van der Waals surface area contributed by atoms with Crippen molar-refractivity contribution in [3.05, 3.63) is 152 Å². The van der Waals surface area contributed by atoms with Crippen molar-refractivity contribution < 1.29 is 8.83 Å². The molecule has 2 aromatic heterocycles. The highest BCUT2D eigenvalue weighted by Crippen LogP contribution is 2.48. The topological polar surface area (TPSA) is 29.5 Å². The highest BCUT2D eigenvalue weighted by Gasteiger charge is 2.24. The summed E-state index contributed by atoms with van der Waals surface area (Å²) < 4.78 is 12.9. The second-order valence-electron chi connectivity index (χ2n) is 10.9. The summed E-state index contributed by atoms with van der Waals surface area (Å²) >= 11 is 0. The maximum Gasteiger partial charge on any atom is 0.143 e. The first kappa shape index (κ1) is 23.9. The number of fused-ring (bicyclic) bond motifs is 7. The lowest BCUT2D eigenvalue weighted by Gasteiger charge is -2.29. The van der Waals surface area contributed by atoms with Crippen molar-refractivity contribution in [2.75, 3.05) is 4.90 Å². The van der Waals surface area contributed by atoms with Gasteiger partial charge >= 0.3 is 0 Å². The van der Waals surface area contributed by atoms with Gasteiger partial charge in [0.05, 0.1) is 22.4 Å². The van der Waals surface area contributed by atoms with Crippen LogP contribution in [-0.2, 0) is 0 Å². The Hall–Kier alpha value is -5.80. The zero-order chi connectivity index (χ0) is 28.3. The van der Waals surface area contributed by atoms with Gasteiger partial charge < -0.3 is 13.7 Å². The molecule has 0 saturated carbocycles. The molecule has 0 fully saturated rings. The zero-order valence-electron chi connectivity index (χ0n) is 23.2. The van der Waals surface area contributed by atoms with Crippen LogP contribution in [0.25, 0.3) is 65.8 Å².